The van der Waals surface area contributed by atoms with Crippen molar-refractivity contribution in [1.29, 1.82) is 0 Å². The molecule has 0 spiro atoms. The molecule has 3 aromatic rings. The third-order valence-corrected chi connectivity index (χ3v) is 5.92. The van der Waals surface area contributed by atoms with Crippen molar-refractivity contribution in [3.05, 3.63) is 81.6 Å². The van der Waals surface area contributed by atoms with Crippen molar-refractivity contribution in [1.82, 2.24) is 15.2 Å². The Bertz CT molecular complexity index is 1020. The standard InChI is InChI=1S/C23H24FN3O2S/c1-16-26-18(15-30-16)12-25-23(28)10-11-27-13-17-6-2-5-9-21(17)29-22(14-27)19-7-3-4-8-20(19)24/h2-9,15,22H,10-14H2,1H3,(H,25,28). The van der Waals surface area contributed by atoms with Gasteiger partial charge in [-0.15, -0.1) is 11.3 Å². The lowest BCUT2D eigenvalue weighted by Crippen LogP contribution is -2.33. The molecule has 2 heterocycles. The summed E-state index contributed by atoms with van der Waals surface area (Å²) in [6.07, 6.45) is -0.0779. The van der Waals surface area contributed by atoms with Gasteiger partial charge < -0.3 is 10.1 Å². The Labute approximate surface area is 179 Å². The molecule has 1 aromatic heterocycles. The minimum Gasteiger partial charge on any atom is -0.484 e. The summed E-state index contributed by atoms with van der Waals surface area (Å²) in [4.78, 5) is 18.9. The summed E-state index contributed by atoms with van der Waals surface area (Å²) in [5, 5.41) is 5.87. The largest absolute Gasteiger partial charge is 0.484 e. The van der Waals surface area contributed by atoms with E-state index >= 15 is 0 Å². The number of aromatic nitrogens is 1. The Morgan fingerprint density at radius 3 is 2.87 bits per heavy atom. The third kappa shape index (κ3) is 5.04. The molecule has 1 atom stereocenters. The molecule has 0 saturated heterocycles. The van der Waals surface area contributed by atoms with Gasteiger partial charge in [-0.3, -0.25) is 9.69 Å². The van der Waals surface area contributed by atoms with Crippen LogP contribution in [0.4, 0.5) is 4.39 Å². The molecule has 1 aliphatic rings. The average molecular weight is 426 g/mol. The number of thiazole rings is 1. The molecule has 1 N–H and O–H groups in total. The number of amides is 1. The molecule has 1 aliphatic heterocycles. The fraction of sp³-hybridized carbons (Fsp3) is 0.304. The predicted octanol–water partition coefficient (Wildman–Crippen LogP) is 4.23. The minimum atomic E-state index is -0.434. The van der Waals surface area contributed by atoms with Crippen molar-refractivity contribution in [2.45, 2.75) is 32.5 Å². The van der Waals surface area contributed by atoms with Crippen LogP contribution in [-0.4, -0.2) is 28.9 Å². The molecule has 156 valence electrons. The second-order valence-corrected chi connectivity index (χ2v) is 8.42. The summed E-state index contributed by atoms with van der Waals surface area (Å²) < 4.78 is 20.6. The summed E-state index contributed by atoms with van der Waals surface area (Å²) in [6.45, 7) is 4.10. The number of halogens is 1. The number of nitrogens with zero attached hydrogens (tertiary/aromatic N) is 2. The minimum absolute atomic E-state index is 0.0263. The van der Waals surface area contributed by atoms with E-state index < -0.39 is 6.10 Å². The smallest absolute Gasteiger partial charge is 0.221 e. The highest BCUT2D eigenvalue weighted by atomic mass is 32.1. The number of rotatable bonds is 6. The Balaban J connectivity index is 1.42. The van der Waals surface area contributed by atoms with E-state index in [9.17, 15) is 9.18 Å². The molecule has 1 amide bonds. The van der Waals surface area contributed by atoms with E-state index in [-0.39, 0.29) is 11.7 Å². The molecular weight excluding hydrogens is 401 g/mol. The number of nitrogens with one attached hydrogen (secondary N) is 1. The van der Waals surface area contributed by atoms with E-state index in [2.05, 4.69) is 15.2 Å². The van der Waals surface area contributed by atoms with Gasteiger partial charge in [0.25, 0.3) is 0 Å². The Kier molecular flexibility index (Phi) is 6.40. The van der Waals surface area contributed by atoms with E-state index in [0.29, 0.717) is 38.2 Å². The van der Waals surface area contributed by atoms with Gasteiger partial charge in [0, 0.05) is 42.6 Å². The SMILES string of the molecule is Cc1nc(CNC(=O)CCN2Cc3ccccc3OC(c3ccccc3F)C2)cs1. The van der Waals surface area contributed by atoms with Gasteiger partial charge in [-0.25, -0.2) is 9.37 Å². The number of hydrogen-bond donors (Lipinski definition) is 1. The van der Waals surface area contributed by atoms with Crippen LogP contribution in [0.15, 0.2) is 53.9 Å². The number of aryl methyl sites for hydroxylation is 1. The topological polar surface area (TPSA) is 54.5 Å². The molecule has 0 saturated carbocycles. The van der Waals surface area contributed by atoms with Crippen molar-refractivity contribution in [3.63, 3.8) is 0 Å². The maximum absolute atomic E-state index is 14.4. The van der Waals surface area contributed by atoms with Crippen LogP contribution in [0.25, 0.3) is 0 Å². The first-order valence-corrected chi connectivity index (χ1v) is 10.9. The van der Waals surface area contributed by atoms with Crippen LogP contribution in [0.1, 0.15) is 34.4 Å². The van der Waals surface area contributed by atoms with E-state index in [1.165, 1.54) is 6.07 Å². The van der Waals surface area contributed by atoms with Gasteiger partial charge in [-0.05, 0) is 19.1 Å². The van der Waals surface area contributed by atoms with E-state index in [1.54, 1.807) is 23.5 Å². The third-order valence-electron chi connectivity index (χ3n) is 5.10. The molecule has 2 aromatic carbocycles. The number of ether oxygens (including phenoxy) is 1. The summed E-state index contributed by atoms with van der Waals surface area (Å²) >= 11 is 1.57. The summed E-state index contributed by atoms with van der Waals surface area (Å²) in [7, 11) is 0. The van der Waals surface area contributed by atoms with Gasteiger partial charge in [0.15, 0.2) is 0 Å². The van der Waals surface area contributed by atoms with Crippen LogP contribution in [-0.2, 0) is 17.9 Å². The first kappa shape index (κ1) is 20.5. The van der Waals surface area contributed by atoms with Gasteiger partial charge in [-0.2, -0.15) is 0 Å². The molecule has 0 bridgehead atoms. The van der Waals surface area contributed by atoms with Crippen molar-refractivity contribution in [2.24, 2.45) is 0 Å². The molecule has 7 heteroatoms. The molecule has 0 aliphatic carbocycles. The maximum atomic E-state index is 14.4. The van der Waals surface area contributed by atoms with Crippen LogP contribution >= 0.6 is 11.3 Å². The number of para-hydroxylation sites is 1. The van der Waals surface area contributed by atoms with Gasteiger partial charge in [0.05, 0.1) is 17.2 Å². The highest BCUT2D eigenvalue weighted by Crippen LogP contribution is 2.32. The van der Waals surface area contributed by atoms with Crippen molar-refractivity contribution >= 4 is 17.2 Å². The van der Waals surface area contributed by atoms with Crippen LogP contribution in [0.2, 0.25) is 0 Å². The molecule has 0 radical (unpaired) electrons. The lowest BCUT2D eigenvalue weighted by Gasteiger charge is -2.24. The first-order chi connectivity index (χ1) is 14.6. The molecule has 4 rings (SSSR count). The lowest BCUT2D eigenvalue weighted by molar-refractivity contribution is -0.121. The van der Waals surface area contributed by atoms with Gasteiger partial charge >= 0.3 is 0 Å². The van der Waals surface area contributed by atoms with Gasteiger partial charge in [0.1, 0.15) is 17.7 Å². The fourth-order valence-electron chi connectivity index (χ4n) is 3.57. The van der Waals surface area contributed by atoms with E-state index in [0.717, 1.165) is 22.0 Å². The predicted molar refractivity (Wildman–Crippen MR) is 115 cm³/mol. The van der Waals surface area contributed by atoms with Crippen molar-refractivity contribution in [2.75, 3.05) is 13.1 Å². The van der Waals surface area contributed by atoms with E-state index in [1.807, 2.05) is 42.6 Å². The molecule has 30 heavy (non-hydrogen) atoms. The van der Waals surface area contributed by atoms with E-state index in [4.69, 9.17) is 4.74 Å². The van der Waals surface area contributed by atoms with Crippen LogP contribution in [0, 0.1) is 12.7 Å². The zero-order valence-electron chi connectivity index (χ0n) is 16.8. The summed E-state index contributed by atoms with van der Waals surface area (Å²) in [5.74, 6) is 0.455. The van der Waals surface area contributed by atoms with Crippen LogP contribution < -0.4 is 10.1 Å². The zero-order valence-corrected chi connectivity index (χ0v) is 17.6. The molecule has 1 unspecified atom stereocenters. The van der Waals surface area contributed by atoms with Gasteiger partial charge in [0.2, 0.25) is 5.91 Å². The van der Waals surface area contributed by atoms with Crippen LogP contribution in [0.3, 0.4) is 0 Å². The molecule has 0 fully saturated rings. The first-order valence-electron chi connectivity index (χ1n) is 9.97. The van der Waals surface area contributed by atoms with Crippen molar-refractivity contribution in [3.8, 4) is 5.75 Å². The Morgan fingerprint density at radius 1 is 1.27 bits per heavy atom. The van der Waals surface area contributed by atoms with Crippen molar-refractivity contribution < 1.29 is 13.9 Å². The second-order valence-electron chi connectivity index (χ2n) is 7.36. The highest BCUT2D eigenvalue weighted by Gasteiger charge is 2.26. The molecular formula is C23H24FN3O2S. The number of fused-ring (bicyclic) bond motifs is 1. The summed E-state index contributed by atoms with van der Waals surface area (Å²) in [5.41, 5.74) is 2.44. The zero-order chi connectivity index (χ0) is 20.9. The van der Waals surface area contributed by atoms with Gasteiger partial charge in [-0.1, -0.05) is 36.4 Å². The average Bonchev–Trinajstić information content (AvgIpc) is 3.07. The van der Waals surface area contributed by atoms with Crippen LogP contribution in [0.5, 0.6) is 5.75 Å². The molecule has 5 nitrogen and oxygen atoms in total. The fourth-order valence-corrected chi connectivity index (χ4v) is 4.19. The Hall–Kier alpha value is -2.77. The normalized spacial score (nSPS) is 16.4. The summed E-state index contributed by atoms with van der Waals surface area (Å²) in [6, 6.07) is 14.5. The second kappa shape index (κ2) is 9.36. The lowest BCUT2D eigenvalue weighted by atomic mass is 10.1. The number of carbonyl (C=O) groups is 1. The highest BCUT2D eigenvalue weighted by molar-refractivity contribution is 7.09. The monoisotopic (exact) mass is 425 g/mol. The number of hydrogen-bond acceptors (Lipinski definition) is 5. The Morgan fingerprint density at radius 2 is 2.07 bits per heavy atom. The maximum Gasteiger partial charge on any atom is 0.221 e. The number of carbonyl (C=O) groups excluding carboxylic acids is 1. The quantitative estimate of drug-likeness (QED) is 0.642. The number of benzene rings is 2.